The van der Waals surface area contributed by atoms with E-state index in [1.54, 1.807) is 11.3 Å². The zero-order valence-electron chi connectivity index (χ0n) is 14.5. The van der Waals surface area contributed by atoms with E-state index in [-0.39, 0.29) is 29.9 Å². The molecule has 0 unspecified atom stereocenters. The summed E-state index contributed by atoms with van der Waals surface area (Å²) in [5, 5.41) is 8.53. The molecule has 0 atom stereocenters. The highest BCUT2D eigenvalue weighted by Gasteiger charge is 2.09. The number of amides is 1. The van der Waals surface area contributed by atoms with E-state index in [0.717, 1.165) is 25.6 Å². The highest BCUT2D eigenvalue weighted by molar-refractivity contribution is 14.0. The number of nitrogens with one attached hydrogen (secondary N) is 2. The average Bonchev–Trinajstić information content (AvgIpc) is 2.91. The lowest BCUT2D eigenvalue weighted by molar-refractivity contribution is -0.130. The molecule has 1 rings (SSSR count). The quantitative estimate of drug-likeness (QED) is 0.362. The third-order valence-corrected chi connectivity index (χ3v) is 4.45. The first-order chi connectivity index (χ1) is 10.6. The Morgan fingerprint density at radius 1 is 1.26 bits per heavy atom. The molecule has 1 aromatic rings. The number of carbonyl (C=O) groups is 1. The van der Waals surface area contributed by atoms with Gasteiger partial charge in [-0.25, -0.2) is 4.99 Å². The molecule has 0 saturated carbocycles. The first-order valence-electron chi connectivity index (χ1n) is 7.95. The third kappa shape index (κ3) is 8.01. The molecule has 23 heavy (non-hydrogen) atoms. The van der Waals surface area contributed by atoms with Crippen molar-refractivity contribution in [1.82, 2.24) is 15.5 Å². The standard InChI is InChI=1S/C16H28N4OS.HI/c1-5-17-16(19-12-14-13(4)9-11-22-14)18-10-8-15(21)20(6-2)7-3;/h9,11H,5-8,10,12H2,1-4H3,(H2,17,18,19);1H. The Hall–Kier alpha value is -0.830. The van der Waals surface area contributed by atoms with Crippen LogP contribution in [0, 0.1) is 6.92 Å². The highest BCUT2D eigenvalue weighted by atomic mass is 127. The number of hydrogen-bond acceptors (Lipinski definition) is 3. The van der Waals surface area contributed by atoms with Crippen molar-refractivity contribution in [2.45, 2.75) is 40.7 Å². The molecule has 0 fully saturated rings. The van der Waals surface area contributed by atoms with Crippen molar-refractivity contribution in [1.29, 1.82) is 0 Å². The average molecular weight is 452 g/mol. The molecule has 1 amide bonds. The van der Waals surface area contributed by atoms with Crippen LogP contribution in [0.5, 0.6) is 0 Å². The zero-order valence-corrected chi connectivity index (χ0v) is 17.7. The molecule has 1 heterocycles. The number of halogens is 1. The topological polar surface area (TPSA) is 56.7 Å². The van der Waals surface area contributed by atoms with Gasteiger partial charge in [-0.05, 0) is 44.7 Å². The smallest absolute Gasteiger partial charge is 0.224 e. The molecular weight excluding hydrogens is 423 g/mol. The van der Waals surface area contributed by atoms with Crippen LogP contribution in [0.4, 0.5) is 0 Å². The van der Waals surface area contributed by atoms with Crippen LogP contribution in [0.1, 0.15) is 37.6 Å². The lowest BCUT2D eigenvalue weighted by Crippen LogP contribution is -2.40. The van der Waals surface area contributed by atoms with Crippen molar-refractivity contribution in [2.24, 2.45) is 4.99 Å². The maximum Gasteiger partial charge on any atom is 0.224 e. The van der Waals surface area contributed by atoms with Crippen LogP contribution in [0.25, 0.3) is 0 Å². The minimum absolute atomic E-state index is 0. The number of hydrogen-bond donors (Lipinski definition) is 2. The number of aryl methyl sites for hydroxylation is 1. The maximum absolute atomic E-state index is 12.0. The number of nitrogens with zero attached hydrogens (tertiary/aromatic N) is 2. The number of guanidine groups is 1. The monoisotopic (exact) mass is 452 g/mol. The Kier molecular flexibility index (Phi) is 12.1. The molecule has 0 aliphatic carbocycles. The predicted molar refractivity (Wildman–Crippen MR) is 110 cm³/mol. The summed E-state index contributed by atoms with van der Waals surface area (Å²) in [4.78, 5) is 19.7. The van der Waals surface area contributed by atoms with Gasteiger partial charge in [0.1, 0.15) is 0 Å². The zero-order chi connectivity index (χ0) is 16.4. The van der Waals surface area contributed by atoms with E-state index < -0.39 is 0 Å². The first kappa shape index (κ1) is 22.2. The van der Waals surface area contributed by atoms with Crippen molar-refractivity contribution in [3.63, 3.8) is 0 Å². The molecule has 5 nitrogen and oxygen atoms in total. The van der Waals surface area contributed by atoms with Gasteiger partial charge < -0.3 is 15.5 Å². The van der Waals surface area contributed by atoms with Crippen LogP contribution < -0.4 is 10.6 Å². The molecular formula is C16H29IN4OS. The van der Waals surface area contributed by atoms with E-state index in [2.05, 4.69) is 34.0 Å². The summed E-state index contributed by atoms with van der Waals surface area (Å²) in [7, 11) is 0. The van der Waals surface area contributed by atoms with E-state index in [0.29, 0.717) is 19.5 Å². The summed E-state index contributed by atoms with van der Waals surface area (Å²) < 4.78 is 0. The summed E-state index contributed by atoms with van der Waals surface area (Å²) in [6.45, 7) is 11.8. The van der Waals surface area contributed by atoms with Crippen molar-refractivity contribution in [3.8, 4) is 0 Å². The van der Waals surface area contributed by atoms with Crippen LogP contribution in [-0.2, 0) is 11.3 Å². The van der Waals surface area contributed by atoms with Crippen LogP contribution in [0.15, 0.2) is 16.4 Å². The third-order valence-electron chi connectivity index (χ3n) is 3.44. The van der Waals surface area contributed by atoms with Crippen molar-refractivity contribution in [2.75, 3.05) is 26.2 Å². The van der Waals surface area contributed by atoms with Gasteiger partial charge in [-0.15, -0.1) is 35.3 Å². The SMILES string of the molecule is CCNC(=NCc1sccc1C)NCCC(=O)N(CC)CC.I. The van der Waals surface area contributed by atoms with Gasteiger partial charge in [0.2, 0.25) is 5.91 Å². The minimum atomic E-state index is 0. The van der Waals surface area contributed by atoms with Gasteiger partial charge in [0.25, 0.3) is 0 Å². The molecule has 7 heteroatoms. The molecule has 0 aliphatic rings. The molecule has 0 aromatic carbocycles. The van der Waals surface area contributed by atoms with E-state index in [9.17, 15) is 4.79 Å². The molecule has 0 saturated heterocycles. The van der Waals surface area contributed by atoms with Gasteiger partial charge in [0.05, 0.1) is 6.54 Å². The van der Waals surface area contributed by atoms with Gasteiger partial charge in [-0.1, -0.05) is 0 Å². The normalized spacial score (nSPS) is 10.9. The molecule has 0 aliphatic heterocycles. The van der Waals surface area contributed by atoms with E-state index in [4.69, 9.17) is 0 Å². The number of carbonyl (C=O) groups excluding carboxylic acids is 1. The van der Waals surface area contributed by atoms with Gasteiger partial charge in [-0.2, -0.15) is 0 Å². The molecule has 2 N–H and O–H groups in total. The molecule has 0 radical (unpaired) electrons. The fraction of sp³-hybridized carbons (Fsp3) is 0.625. The fourth-order valence-electron chi connectivity index (χ4n) is 2.08. The van der Waals surface area contributed by atoms with Gasteiger partial charge >= 0.3 is 0 Å². The summed E-state index contributed by atoms with van der Waals surface area (Å²) in [5.74, 6) is 0.949. The number of thiophene rings is 1. The van der Waals surface area contributed by atoms with Crippen molar-refractivity contribution >= 4 is 47.2 Å². The lowest BCUT2D eigenvalue weighted by atomic mass is 10.3. The summed E-state index contributed by atoms with van der Waals surface area (Å²) in [6.07, 6.45) is 0.490. The van der Waals surface area contributed by atoms with E-state index in [1.165, 1.54) is 10.4 Å². The van der Waals surface area contributed by atoms with Gasteiger partial charge in [-0.3, -0.25) is 4.79 Å². The van der Waals surface area contributed by atoms with Gasteiger partial charge in [0, 0.05) is 37.5 Å². The van der Waals surface area contributed by atoms with Crippen LogP contribution in [-0.4, -0.2) is 42.9 Å². The Labute approximate surface area is 161 Å². The highest BCUT2D eigenvalue weighted by Crippen LogP contribution is 2.16. The summed E-state index contributed by atoms with van der Waals surface area (Å²) in [6, 6.07) is 2.11. The molecule has 0 spiro atoms. The maximum atomic E-state index is 12.0. The predicted octanol–water partition coefficient (Wildman–Crippen LogP) is 2.99. The largest absolute Gasteiger partial charge is 0.357 e. The Balaban J connectivity index is 0.00000484. The summed E-state index contributed by atoms with van der Waals surface area (Å²) in [5.41, 5.74) is 1.28. The second kappa shape index (κ2) is 12.6. The van der Waals surface area contributed by atoms with Crippen LogP contribution in [0.2, 0.25) is 0 Å². The Morgan fingerprint density at radius 3 is 2.48 bits per heavy atom. The molecule has 132 valence electrons. The minimum Gasteiger partial charge on any atom is -0.357 e. The first-order valence-corrected chi connectivity index (χ1v) is 8.83. The van der Waals surface area contributed by atoms with Crippen LogP contribution >= 0.6 is 35.3 Å². The second-order valence-electron chi connectivity index (χ2n) is 4.96. The summed E-state index contributed by atoms with van der Waals surface area (Å²) >= 11 is 1.72. The Bertz CT molecular complexity index is 486. The van der Waals surface area contributed by atoms with Crippen molar-refractivity contribution < 1.29 is 4.79 Å². The Morgan fingerprint density at radius 2 is 1.96 bits per heavy atom. The van der Waals surface area contributed by atoms with E-state index in [1.807, 2.05) is 25.7 Å². The number of rotatable bonds is 8. The van der Waals surface area contributed by atoms with Gasteiger partial charge in [0.15, 0.2) is 5.96 Å². The van der Waals surface area contributed by atoms with Crippen molar-refractivity contribution in [3.05, 3.63) is 21.9 Å². The second-order valence-corrected chi connectivity index (χ2v) is 5.97. The lowest BCUT2D eigenvalue weighted by Gasteiger charge is -2.19. The molecule has 0 bridgehead atoms. The fourth-order valence-corrected chi connectivity index (χ4v) is 2.91. The van der Waals surface area contributed by atoms with E-state index >= 15 is 0 Å². The molecule has 1 aromatic heterocycles. The van der Waals surface area contributed by atoms with Crippen LogP contribution in [0.3, 0.4) is 0 Å². The number of aliphatic imine (C=N–C) groups is 1.